The Kier molecular flexibility index (Phi) is 5.71. The Balaban J connectivity index is 1.92. The van der Waals surface area contributed by atoms with E-state index in [1.54, 1.807) is 25.6 Å². The summed E-state index contributed by atoms with van der Waals surface area (Å²) < 4.78 is 10.5. The zero-order valence-corrected chi connectivity index (χ0v) is 13.2. The number of rotatable bonds is 7. The number of hydrogen-bond acceptors (Lipinski definition) is 4. The number of nitrogens with one attached hydrogen (secondary N) is 1. The lowest BCUT2D eigenvalue weighted by Crippen LogP contribution is -2.16. The molecule has 3 nitrogen and oxygen atoms in total. The van der Waals surface area contributed by atoms with Crippen LogP contribution in [0.2, 0.25) is 5.02 Å². The quantitative estimate of drug-likeness (QED) is 0.790. The average Bonchev–Trinajstić information content (AvgIpc) is 2.97. The van der Waals surface area contributed by atoms with E-state index >= 15 is 0 Å². The van der Waals surface area contributed by atoms with Crippen LogP contribution in [0.15, 0.2) is 29.6 Å². The smallest absolute Gasteiger partial charge is 0.179 e. The van der Waals surface area contributed by atoms with Crippen molar-refractivity contribution in [3.8, 4) is 11.5 Å². The minimum Gasteiger partial charge on any atom is -0.493 e. The summed E-state index contributed by atoms with van der Waals surface area (Å²) in [5, 5.41) is 6.10. The summed E-state index contributed by atoms with van der Waals surface area (Å²) >= 11 is 8.11. The van der Waals surface area contributed by atoms with Gasteiger partial charge in [0.2, 0.25) is 0 Å². The molecule has 0 radical (unpaired) electrons. The summed E-state index contributed by atoms with van der Waals surface area (Å²) in [6, 6.07) is 8.06. The first-order valence-electron chi connectivity index (χ1n) is 6.38. The van der Waals surface area contributed by atoms with Crippen LogP contribution in [-0.2, 0) is 13.0 Å². The van der Waals surface area contributed by atoms with Crippen molar-refractivity contribution in [3.05, 3.63) is 45.1 Å². The van der Waals surface area contributed by atoms with Crippen LogP contribution in [0.5, 0.6) is 11.5 Å². The van der Waals surface area contributed by atoms with E-state index in [0.717, 1.165) is 18.5 Å². The highest BCUT2D eigenvalue weighted by molar-refractivity contribution is 7.09. The highest BCUT2D eigenvalue weighted by Gasteiger charge is 2.12. The highest BCUT2D eigenvalue weighted by Crippen LogP contribution is 2.37. The molecular weight excluding hydrogens is 294 g/mol. The Hall–Kier alpha value is -1.23. The molecule has 2 aromatic rings. The van der Waals surface area contributed by atoms with Crippen molar-refractivity contribution in [1.82, 2.24) is 5.32 Å². The molecule has 2 rings (SSSR count). The van der Waals surface area contributed by atoms with Crippen LogP contribution < -0.4 is 14.8 Å². The van der Waals surface area contributed by atoms with Crippen molar-refractivity contribution < 1.29 is 9.47 Å². The predicted molar refractivity (Wildman–Crippen MR) is 84.3 cm³/mol. The van der Waals surface area contributed by atoms with Crippen molar-refractivity contribution in [2.45, 2.75) is 13.0 Å². The van der Waals surface area contributed by atoms with E-state index in [1.165, 1.54) is 4.88 Å². The maximum absolute atomic E-state index is 6.33. The SMILES string of the molecule is COc1ccc(CNCCc2cccs2)c(Cl)c1OC. The molecule has 0 saturated carbocycles. The summed E-state index contributed by atoms with van der Waals surface area (Å²) in [4.78, 5) is 1.39. The number of thiophene rings is 1. The van der Waals surface area contributed by atoms with Crippen molar-refractivity contribution in [1.29, 1.82) is 0 Å². The van der Waals surface area contributed by atoms with Crippen molar-refractivity contribution >= 4 is 22.9 Å². The Morgan fingerprint density at radius 1 is 1.20 bits per heavy atom. The minimum atomic E-state index is 0.590. The number of hydrogen-bond donors (Lipinski definition) is 1. The van der Waals surface area contributed by atoms with Gasteiger partial charge in [-0.1, -0.05) is 23.7 Å². The van der Waals surface area contributed by atoms with Gasteiger partial charge in [0.25, 0.3) is 0 Å². The van der Waals surface area contributed by atoms with E-state index in [9.17, 15) is 0 Å². The number of halogens is 1. The molecule has 1 aromatic carbocycles. The molecule has 5 heteroatoms. The van der Waals surface area contributed by atoms with Crippen LogP contribution in [0.3, 0.4) is 0 Å². The van der Waals surface area contributed by atoms with Gasteiger partial charge in [0, 0.05) is 18.0 Å². The number of methoxy groups -OCH3 is 2. The monoisotopic (exact) mass is 311 g/mol. The maximum atomic E-state index is 6.33. The molecule has 108 valence electrons. The van der Waals surface area contributed by atoms with E-state index < -0.39 is 0 Å². The molecule has 0 atom stereocenters. The zero-order valence-electron chi connectivity index (χ0n) is 11.6. The molecule has 0 amide bonds. The van der Waals surface area contributed by atoms with Gasteiger partial charge < -0.3 is 14.8 Å². The first-order valence-corrected chi connectivity index (χ1v) is 7.64. The summed E-state index contributed by atoms with van der Waals surface area (Å²) in [7, 11) is 3.20. The van der Waals surface area contributed by atoms with Gasteiger partial charge >= 0.3 is 0 Å². The lowest BCUT2D eigenvalue weighted by atomic mass is 10.2. The van der Waals surface area contributed by atoms with E-state index in [0.29, 0.717) is 23.1 Å². The fourth-order valence-corrected chi connectivity index (χ4v) is 2.97. The second-order valence-corrected chi connectivity index (χ2v) is 5.69. The number of benzene rings is 1. The first-order chi connectivity index (χ1) is 9.76. The van der Waals surface area contributed by atoms with Gasteiger partial charge in [-0.15, -0.1) is 11.3 Å². The first kappa shape index (κ1) is 15.2. The van der Waals surface area contributed by atoms with E-state index in [4.69, 9.17) is 21.1 Å². The summed E-state index contributed by atoms with van der Waals surface area (Å²) in [5.74, 6) is 1.24. The van der Waals surface area contributed by atoms with Crippen molar-refractivity contribution in [3.63, 3.8) is 0 Å². The van der Waals surface area contributed by atoms with Gasteiger partial charge in [0.1, 0.15) is 0 Å². The zero-order chi connectivity index (χ0) is 14.4. The largest absolute Gasteiger partial charge is 0.493 e. The molecule has 1 heterocycles. The highest BCUT2D eigenvalue weighted by atomic mass is 35.5. The lowest BCUT2D eigenvalue weighted by Gasteiger charge is -2.13. The lowest BCUT2D eigenvalue weighted by molar-refractivity contribution is 0.354. The Morgan fingerprint density at radius 2 is 2.05 bits per heavy atom. The molecule has 0 bridgehead atoms. The fraction of sp³-hybridized carbons (Fsp3) is 0.333. The molecule has 0 unspecified atom stereocenters. The van der Waals surface area contributed by atoms with Crippen molar-refractivity contribution in [2.24, 2.45) is 0 Å². The molecule has 0 saturated heterocycles. The second-order valence-electron chi connectivity index (χ2n) is 4.28. The molecule has 0 aliphatic carbocycles. The predicted octanol–water partition coefficient (Wildman–Crippen LogP) is 3.75. The van der Waals surface area contributed by atoms with E-state index in [2.05, 4.69) is 22.8 Å². The molecular formula is C15H18ClNO2S. The molecule has 0 spiro atoms. The Bertz CT molecular complexity index is 543. The molecule has 20 heavy (non-hydrogen) atoms. The third-order valence-corrected chi connectivity index (χ3v) is 4.36. The summed E-state index contributed by atoms with van der Waals surface area (Å²) in [6.07, 6.45) is 1.03. The van der Waals surface area contributed by atoms with E-state index in [-0.39, 0.29) is 0 Å². The minimum absolute atomic E-state index is 0.590. The van der Waals surface area contributed by atoms with Crippen LogP contribution in [0.25, 0.3) is 0 Å². The van der Waals surface area contributed by atoms with Crippen LogP contribution in [-0.4, -0.2) is 20.8 Å². The molecule has 1 N–H and O–H groups in total. The van der Waals surface area contributed by atoms with E-state index in [1.807, 2.05) is 12.1 Å². The average molecular weight is 312 g/mol. The van der Waals surface area contributed by atoms with Gasteiger partial charge in [-0.2, -0.15) is 0 Å². The molecule has 0 fully saturated rings. The normalized spacial score (nSPS) is 10.6. The van der Waals surface area contributed by atoms with Crippen LogP contribution in [0, 0.1) is 0 Å². The topological polar surface area (TPSA) is 30.5 Å². The van der Waals surface area contributed by atoms with Crippen LogP contribution in [0.1, 0.15) is 10.4 Å². The number of ether oxygens (including phenoxy) is 2. The Labute approximate surface area is 128 Å². The summed E-state index contributed by atoms with van der Waals surface area (Å²) in [6.45, 7) is 1.63. The standard InChI is InChI=1S/C15H18ClNO2S/c1-18-13-6-5-11(14(16)15(13)19-2)10-17-8-7-12-4-3-9-20-12/h3-6,9,17H,7-8,10H2,1-2H3. The van der Waals surface area contributed by atoms with Crippen LogP contribution >= 0.6 is 22.9 Å². The van der Waals surface area contributed by atoms with Gasteiger partial charge in [-0.3, -0.25) is 0 Å². The third-order valence-electron chi connectivity index (χ3n) is 3.01. The van der Waals surface area contributed by atoms with Crippen LogP contribution in [0.4, 0.5) is 0 Å². The van der Waals surface area contributed by atoms with Gasteiger partial charge in [-0.05, 0) is 29.5 Å². The molecule has 0 aliphatic heterocycles. The fourth-order valence-electron chi connectivity index (χ4n) is 1.96. The van der Waals surface area contributed by atoms with Crippen molar-refractivity contribution in [2.75, 3.05) is 20.8 Å². The molecule has 0 aliphatic rings. The molecule has 1 aromatic heterocycles. The summed E-state index contributed by atoms with van der Waals surface area (Å²) in [5.41, 5.74) is 1.01. The third kappa shape index (κ3) is 3.66. The van der Waals surface area contributed by atoms with Gasteiger partial charge in [0.05, 0.1) is 19.2 Å². The Morgan fingerprint density at radius 3 is 2.70 bits per heavy atom. The second kappa shape index (κ2) is 7.53. The maximum Gasteiger partial charge on any atom is 0.179 e. The van der Waals surface area contributed by atoms with Gasteiger partial charge in [0.15, 0.2) is 11.5 Å². The van der Waals surface area contributed by atoms with Gasteiger partial charge in [-0.25, -0.2) is 0 Å².